The van der Waals surface area contributed by atoms with Gasteiger partial charge in [-0.25, -0.2) is 9.97 Å². The summed E-state index contributed by atoms with van der Waals surface area (Å²) in [5, 5.41) is 3.12. The van der Waals surface area contributed by atoms with Gasteiger partial charge in [-0.15, -0.1) is 0 Å². The van der Waals surface area contributed by atoms with Gasteiger partial charge in [0.1, 0.15) is 0 Å². The van der Waals surface area contributed by atoms with Gasteiger partial charge in [-0.2, -0.15) is 0 Å². The van der Waals surface area contributed by atoms with E-state index in [2.05, 4.69) is 15.3 Å². The highest BCUT2D eigenvalue weighted by molar-refractivity contribution is 6.66. The Kier molecular flexibility index (Phi) is 4.50. The molecule has 1 aromatic carbocycles. The molecule has 1 aromatic heterocycles. The fourth-order valence-electron chi connectivity index (χ4n) is 1.57. The summed E-state index contributed by atoms with van der Waals surface area (Å²) in [6.07, 6.45) is 0. The quantitative estimate of drug-likeness (QED) is 0.861. The summed E-state index contributed by atoms with van der Waals surface area (Å²) in [7, 11) is 0. The van der Waals surface area contributed by atoms with E-state index in [0.29, 0.717) is 18.2 Å². The number of aromatic nitrogens is 2. The van der Waals surface area contributed by atoms with Crippen LogP contribution in [0, 0.1) is 6.92 Å². The van der Waals surface area contributed by atoms with Crippen molar-refractivity contribution in [3.63, 3.8) is 0 Å². The number of alkyl halides is 3. The van der Waals surface area contributed by atoms with Crippen molar-refractivity contribution in [3.05, 3.63) is 53.3 Å². The van der Waals surface area contributed by atoms with Crippen molar-refractivity contribution in [1.82, 2.24) is 9.97 Å². The maximum Gasteiger partial charge on any atom is 0.232 e. The summed E-state index contributed by atoms with van der Waals surface area (Å²) in [6, 6.07) is 11.6. The lowest BCUT2D eigenvalue weighted by Gasteiger charge is -2.13. The summed E-state index contributed by atoms with van der Waals surface area (Å²) in [5.74, 6) is 0.449. The number of nitrogens with one attached hydrogen (secondary N) is 1. The Bertz CT molecular complexity index is 553. The molecule has 0 aliphatic heterocycles. The SMILES string of the molecule is Cc1cc(C(Cl)(Cl)Cl)nc(NCc2ccccc2)n1. The van der Waals surface area contributed by atoms with Crippen molar-refractivity contribution in [2.75, 3.05) is 5.32 Å². The predicted molar refractivity (Wildman–Crippen MR) is 79.8 cm³/mol. The zero-order valence-electron chi connectivity index (χ0n) is 10.2. The lowest BCUT2D eigenvalue weighted by molar-refractivity contribution is 0.972. The number of nitrogens with zero attached hydrogens (tertiary/aromatic N) is 2. The molecule has 0 radical (unpaired) electrons. The van der Waals surface area contributed by atoms with Crippen LogP contribution >= 0.6 is 34.8 Å². The van der Waals surface area contributed by atoms with Gasteiger partial charge in [-0.3, -0.25) is 0 Å². The Morgan fingerprint density at radius 2 is 1.79 bits per heavy atom. The Labute approximate surface area is 126 Å². The highest BCUT2D eigenvalue weighted by Gasteiger charge is 2.25. The third-order valence-electron chi connectivity index (χ3n) is 2.44. The minimum Gasteiger partial charge on any atom is -0.350 e. The van der Waals surface area contributed by atoms with Crippen molar-refractivity contribution < 1.29 is 0 Å². The van der Waals surface area contributed by atoms with Gasteiger partial charge in [0.25, 0.3) is 0 Å². The van der Waals surface area contributed by atoms with Crippen molar-refractivity contribution in [2.24, 2.45) is 0 Å². The molecule has 0 atom stereocenters. The number of rotatable bonds is 3. The smallest absolute Gasteiger partial charge is 0.232 e. The van der Waals surface area contributed by atoms with Crippen LogP contribution in [-0.4, -0.2) is 9.97 Å². The van der Waals surface area contributed by atoms with Crippen LogP contribution in [0.4, 0.5) is 5.95 Å². The predicted octanol–water partition coefficient (Wildman–Crippen LogP) is 4.22. The minimum atomic E-state index is -1.54. The first-order chi connectivity index (χ1) is 8.95. The van der Waals surface area contributed by atoms with Crippen LogP contribution < -0.4 is 5.32 Å². The normalized spacial score (nSPS) is 11.4. The van der Waals surface area contributed by atoms with Gasteiger partial charge in [0.05, 0.1) is 5.69 Å². The number of hydrogen-bond acceptors (Lipinski definition) is 3. The molecular formula is C13H12Cl3N3. The van der Waals surface area contributed by atoms with Crippen LogP contribution in [0.1, 0.15) is 17.0 Å². The largest absolute Gasteiger partial charge is 0.350 e. The maximum atomic E-state index is 5.83. The Morgan fingerprint density at radius 1 is 1.11 bits per heavy atom. The molecule has 2 aromatic rings. The van der Waals surface area contributed by atoms with Gasteiger partial charge in [0, 0.05) is 12.2 Å². The Morgan fingerprint density at radius 3 is 2.42 bits per heavy atom. The van der Waals surface area contributed by atoms with Crippen molar-refractivity contribution in [1.29, 1.82) is 0 Å². The minimum absolute atomic E-state index is 0.362. The number of hydrogen-bond donors (Lipinski definition) is 1. The van der Waals surface area contributed by atoms with Crippen molar-refractivity contribution >= 4 is 40.8 Å². The standard InChI is InChI=1S/C13H12Cl3N3/c1-9-7-11(13(14,15)16)19-12(18-9)17-8-10-5-3-2-4-6-10/h2-7H,8H2,1H3,(H,17,18,19). The second kappa shape index (κ2) is 5.95. The lowest BCUT2D eigenvalue weighted by atomic mass is 10.2. The van der Waals surface area contributed by atoms with Crippen LogP contribution in [0.5, 0.6) is 0 Å². The molecule has 0 saturated carbocycles. The maximum absolute atomic E-state index is 5.83. The van der Waals surface area contributed by atoms with E-state index in [-0.39, 0.29) is 0 Å². The van der Waals surface area contributed by atoms with Gasteiger partial charge in [0.15, 0.2) is 0 Å². The van der Waals surface area contributed by atoms with Crippen molar-refractivity contribution in [2.45, 2.75) is 17.3 Å². The molecule has 0 aliphatic carbocycles. The second-order valence-corrected chi connectivity index (χ2v) is 6.34. The summed E-state index contributed by atoms with van der Waals surface area (Å²) in [6.45, 7) is 2.44. The molecular weight excluding hydrogens is 305 g/mol. The highest BCUT2D eigenvalue weighted by Crippen LogP contribution is 2.37. The first-order valence-corrected chi connectivity index (χ1v) is 6.79. The van der Waals surface area contributed by atoms with Crippen LogP contribution in [-0.2, 0) is 10.3 Å². The fraction of sp³-hybridized carbons (Fsp3) is 0.231. The Balaban J connectivity index is 2.15. The molecule has 0 aliphatic rings. The van der Waals surface area contributed by atoms with Crippen LogP contribution in [0.15, 0.2) is 36.4 Å². The number of aryl methyl sites for hydroxylation is 1. The first-order valence-electron chi connectivity index (χ1n) is 5.66. The van der Waals surface area contributed by atoms with E-state index >= 15 is 0 Å². The topological polar surface area (TPSA) is 37.8 Å². The molecule has 19 heavy (non-hydrogen) atoms. The number of anilines is 1. The third-order valence-corrected chi connectivity index (χ3v) is 3.02. The van der Waals surface area contributed by atoms with E-state index in [1.54, 1.807) is 6.07 Å². The fourth-order valence-corrected chi connectivity index (χ4v) is 1.86. The van der Waals surface area contributed by atoms with Crippen molar-refractivity contribution in [3.8, 4) is 0 Å². The van der Waals surface area contributed by atoms with E-state index in [0.717, 1.165) is 11.3 Å². The molecule has 0 unspecified atom stereocenters. The monoisotopic (exact) mass is 315 g/mol. The van der Waals surface area contributed by atoms with Gasteiger partial charge < -0.3 is 5.32 Å². The first kappa shape index (κ1) is 14.4. The average molecular weight is 317 g/mol. The third kappa shape index (κ3) is 4.23. The molecule has 1 N–H and O–H groups in total. The van der Waals surface area contributed by atoms with Gasteiger partial charge >= 0.3 is 0 Å². The molecule has 100 valence electrons. The molecule has 0 bridgehead atoms. The van der Waals surface area contributed by atoms with E-state index < -0.39 is 3.79 Å². The second-order valence-electron chi connectivity index (χ2n) is 4.06. The molecule has 2 rings (SSSR count). The van der Waals surface area contributed by atoms with E-state index in [1.165, 1.54) is 0 Å². The number of benzene rings is 1. The molecule has 0 saturated heterocycles. The summed E-state index contributed by atoms with van der Waals surface area (Å²) < 4.78 is -1.54. The van der Waals surface area contributed by atoms with Crippen LogP contribution in [0.2, 0.25) is 0 Å². The van der Waals surface area contributed by atoms with Crippen LogP contribution in [0.25, 0.3) is 0 Å². The van der Waals surface area contributed by atoms with E-state index in [9.17, 15) is 0 Å². The van der Waals surface area contributed by atoms with E-state index in [4.69, 9.17) is 34.8 Å². The molecule has 3 nitrogen and oxygen atoms in total. The summed E-state index contributed by atoms with van der Waals surface area (Å²) >= 11 is 17.5. The lowest BCUT2D eigenvalue weighted by Crippen LogP contribution is -2.10. The van der Waals surface area contributed by atoms with Gasteiger partial charge in [-0.1, -0.05) is 65.1 Å². The van der Waals surface area contributed by atoms with Crippen LogP contribution in [0.3, 0.4) is 0 Å². The zero-order chi connectivity index (χ0) is 13.9. The summed E-state index contributed by atoms with van der Waals surface area (Å²) in [5.41, 5.74) is 2.23. The van der Waals surface area contributed by atoms with Gasteiger partial charge in [-0.05, 0) is 18.6 Å². The Hall–Kier alpha value is -1.03. The molecule has 0 spiro atoms. The zero-order valence-corrected chi connectivity index (χ0v) is 12.5. The molecule has 6 heteroatoms. The average Bonchev–Trinajstić information content (AvgIpc) is 2.36. The molecule has 0 amide bonds. The van der Waals surface area contributed by atoms with Gasteiger partial charge in [0.2, 0.25) is 9.74 Å². The number of halogens is 3. The highest BCUT2D eigenvalue weighted by atomic mass is 35.6. The molecule has 0 fully saturated rings. The summed E-state index contributed by atoms with van der Waals surface area (Å²) in [4.78, 5) is 8.47. The molecule has 1 heterocycles. The van der Waals surface area contributed by atoms with E-state index in [1.807, 2.05) is 37.3 Å².